The standard InChI is InChI=1S/C76H52F8N2/c1-7-47-21-25-49(26-22-47)75(61-37-43(3)17-19-45(61)5)59-15-11-9-13-55(59)57-35-33-53(39-63(57)75)85(73-67(79)41-65(77)69(81)71(73)83)51-29-31-52(32-30-51)86(74-68(80)42-66(78)70(82)72(74)84)54-34-36-58-56-14-10-12-16-60(56)76(64(58)40-54,50-27-23-48(8-2)24-28-50)62-38-44(4)18-20-46(62)6/h7-42H,1-2H2,3-6H3. The van der Waals surface area contributed by atoms with Crippen LogP contribution in [0.3, 0.4) is 0 Å². The molecule has 2 atom stereocenters. The fourth-order valence-electron chi connectivity index (χ4n) is 13.4. The minimum absolute atomic E-state index is 0.00631. The van der Waals surface area contributed by atoms with Gasteiger partial charge in [-0.3, -0.25) is 0 Å². The summed E-state index contributed by atoms with van der Waals surface area (Å²) in [4.78, 5) is 2.25. The summed E-state index contributed by atoms with van der Waals surface area (Å²) >= 11 is 0. The zero-order valence-electron chi connectivity index (χ0n) is 47.1. The summed E-state index contributed by atoms with van der Waals surface area (Å²) in [6, 6.07) is 60.9. The van der Waals surface area contributed by atoms with Gasteiger partial charge in [0.05, 0.1) is 10.8 Å². The summed E-state index contributed by atoms with van der Waals surface area (Å²) in [6.45, 7) is 16.0. The van der Waals surface area contributed by atoms with Gasteiger partial charge in [0.1, 0.15) is 11.4 Å². The summed E-state index contributed by atoms with van der Waals surface area (Å²) in [7, 11) is 0. The molecule has 0 heterocycles. The molecule has 0 bridgehead atoms. The van der Waals surface area contributed by atoms with E-state index in [9.17, 15) is 0 Å². The fourth-order valence-corrected chi connectivity index (χ4v) is 13.4. The Morgan fingerprint density at radius 1 is 0.314 bits per heavy atom. The van der Waals surface area contributed by atoms with Crippen molar-refractivity contribution < 1.29 is 35.1 Å². The highest BCUT2D eigenvalue weighted by molar-refractivity contribution is 5.93. The molecule has 0 saturated carbocycles. The molecular formula is C76H52F8N2. The molecular weight excluding hydrogens is 1090 g/mol. The van der Waals surface area contributed by atoms with Gasteiger partial charge in [-0.25, -0.2) is 35.1 Å². The van der Waals surface area contributed by atoms with Gasteiger partial charge in [-0.05, 0) is 165 Å². The van der Waals surface area contributed by atoms with E-state index in [1.807, 2.05) is 149 Å². The summed E-state index contributed by atoms with van der Waals surface area (Å²) in [5.41, 5.74) is 12.1. The van der Waals surface area contributed by atoms with Crippen molar-refractivity contribution >= 4 is 46.3 Å². The number of aryl methyl sites for hydroxylation is 4. The van der Waals surface area contributed by atoms with Gasteiger partial charge in [0, 0.05) is 34.9 Å². The van der Waals surface area contributed by atoms with E-state index in [2.05, 4.69) is 37.4 Å². The molecule has 11 aromatic carbocycles. The van der Waals surface area contributed by atoms with Gasteiger partial charge in [-0.2, -0.15) is 0 Å². The Morgan fingerprint density at radius 3 is 1.03 bits per heavy atom. The van der Waals surface area contributed by atoms with E-state index < -0.39 is 68.7 Å². The molecule has 10 heteroatoms. The van der Waals surface area contributed by atoms with Gasteiger partial charge < -0.3 is 9.80 Å². The molecule has 0 radical (unpaired) electrons. The molecule has 0 fully saturated rings. The molecule has 0 N–H and O–H groups in total. The largest absolute Gasteiger partial charge is 0.305 e. The highest BCUT2D eigenvalue weighted by atomic mass is 19.2. The van der Waals surface area contributed by atoms with Gasteiger partial charge in [-0.1, -0.05) is 182 Å². The number of anilines is 6. The Labute approximate surface area is 493 Å². The van der Waals surface area contributed by atoms with E-state index >= 15 is 35.1 Å². The first kappa shape index (κ1) is 55.1. The van der Waals surface area contributed by atoms with Crippen molar-refractivity contribution in [3.63, 3.8) is 0 Å². The maximum absolute atomic E-state index is 16.8. The number of hydrogen-bond donors (Lipinski definition) is 0. The van der Waals surface area contributed by atoms with Crippen molar-refractivity contribution in [2.75, 3.05) is 9.80 Å². The molecule has 0 saturated heterocycles. The van der Waals surface area contributed by atoms with Crippen LogP contribution >= 0.6 is 0 Å². The minimum atomic E-state index is -1.92. The average molecular weight is 1150 g/mol. The first-order chi connectivity index (χ1) is 41.5. The predicted molar refractivity (Wildman–Crippen MR) is 329 cm³/mol. The lowest BCUT2D eigenvalue weighted by atomic mass is 9.66. The molecule has 11 aromatic rings. The third-order valence-corrected chi connectivity index (χ3v) is 17.3. The van der Waals surface area contributed by atoms with Gasteiger partial charge >= 0.3 is 0 Å². The molecule has 86 heavy (non-hydrogen) atoms. The third kappa shape index (κ3) is 8.28. The Balaban J connectivity index is 1.05. The van der Waals surface area contributed by atoms with Crippen molar-refractivity contribution in [2.45, 2.75) is 38.5 Å². The van der Waals surface area contributed by atoms with Crippen LogP contribution in [0, 0.1) is 74.2 Å². The number of halogens is 8. The lowest BCUT2D eigenvalue weighted by molar-refractivity contribution is 0.436. The zero-order valence-corrected chi connectivity index (χ0v) is 47.1. The number of fused-ring (bicyclic) bond motifs is 6. The van der Waals surface area contributed by atoms with Crippen molar-refractivity contribution in [1.29, 1.82) is 0 Å². The highest BCUT2D eigenvalue weighted by Crippen LogP contribution is 2.60. The zero-order chi connectivity index (χ0) is 60.1. The Morgan fingerprint density at radius 2 is 0.663 bits per heavy atom. The van der Waals surface area contributed by atoms with Crippen LogP contribution in [0.15, 0.2) is 219 Å². The van der Waals surface area contributed by atoms with Crippen LogP contribution in [0.5, 0.6) is 0 Å². The number of nitrogens with zero attached hydrogens (tertiary/aromatic N) is 2. The summed E-state index contributed by atoms with van der Waals surface area (Å²) in [5, 5.41) is 0. The number of rotatable bonds is 12. The van der Waals surface area contributed by atoms with Crippen LogP contribution in [0.2, 0.25) is 0 Å². The molecule has 0 amide bonds. The van der Waals surface area contributed by atoms with Gasteiger partial charge in [-0.15, -0.1) is 0 Å². The van der Waals surface area contributed by atoms with Crippen LogP contribution in [-0.2, 0) is 10.8 Å². The van der Waals surface area contributed by atoms with Crippen molar-refractivity contribution in [3.8, 4) is 22.3 Å². The van der Waals surface area contributed by atoms with E-state index in [4.69, 9.17) is 0 Å². The van der Waals surface area contributed by atoms with Crippen LogP contribution in [-0.4, -0.2) is 0 Å². The van der Waals surface area contributed by atoms with E-state index in [0.29, 0.717) is 11.1 Å². The van der Waals surface area contributed by atoms with Crippen LogP contribution in [0.4, 0.5) is 69.2 Å². The lowest BCUT2D eigenvalue weighted by Crippen LogP contribution is -2.30. The predicted octanol–water partition coefficient (Wildman–Crippen LogP) is 21.0. The van der Waals surface area contributed by atoms with E-state index in [0.717, 1.165) is 98.8 Å². The van der Waals surface area contributed by atoms with Gasteiger partial charge in [0.15, 0.2) is 46.5 Å². The molecule has 13 rings (SSSR count). The van der Waals surface area contributed by atoms with Crippen LogP contribution in [0.1, 0.15) is 77.9 Å². The normalized spacial score (nSPS) is 15.4. The van der Waals surface area contributed by atoms with E-state index in [-0.39, 0.29) is 34.9 Å². The molecule has 0 spiro atoms. The molecule has 0 aromatic heterocycles. The second-order valence-corrected chi connectivity index (χ2v) is 22.2. The first-order valence-corrected chi connectivity index (χ1v) is 28.0. The quantitative estimate of drug-likeness (QED) is 0.0683. The monoisotopic (exact) mass is 1140 g/mol. The smallest absolute Gasteiger partial charge is 0.196 e. The third-order valence-electron chi connectivity index (χ3n) is 17.3. The molecule has 0 aliphatic heterocycles. The van der Waals surface area contributed by atoms with Crippen molar-refractivity contribution in [2.24, 2.45) is 0 Å². The Bertz CT molecular complexity index is 4320. The van der Waals surface area contributed by atoms with Crippen LogP contribution < -0.4 is 9.80 Å². The van der Waals surface area contributed by atoms with Gasteiger partial charge in [0.25, 0.3) is 0 Å². The summed E-state index contributed by atoms with van der Waals surface area (Å²) in [6.07, 6.45) is 3.49. The van der Waals surface area contributed by atoms with E-state index in [1.165, 1.54) is 24.3 Å². The average Bonchev–Trinajstić information content (AvgIpc) is 1.60. The number of hydrogen-bond acceptors (Lipinski definition) is 2. The van der Waals surface area contributed by atoms with Crippen molar-refractivity contribution in [1.82, 2.24) is 0 Å². The summed E-state index contributed by atoms with van der Waals surface area (Å²) in [5.74, 6) is -13.9. The Kier molecular flexibility index (Phi) is 13.4. The fraction of sp³-hybridized carbons (Fsp3) is 0.0789. The molecule has 2 unspecified atom stereocenters. The molecule has 422 valence electrons. The van der Waals surface area contributed by atoms with Gasteiger partial charge in [0.2, 0.25) is 0 Å². The molecule has 2 aliphatic rings. The SMILES string of the molecule is C=Cc1ccc(C2(c3cc(C)ccc3C)c3ccccc3-c3ccc(N(c4ccc(N(c5ccc6c(c5)C(c5ccc(C=C)cc5)(c5cc(C)ccc5C)c5ccccc5-6)c5c(F)cc(F)c(F)c5F)cc4)c4c(F)cc(F)c(F)c4F)cc32)cc1. The highest BCUT2D eigenvalue weighted by Gasteiger charge is 2.49. The minimum Gasteiger partial charge on any atom is -0.305 e. The lowest BCUT2D eigenvalue weighted by Gasteiger charge is -2.36. The van der Waals surface area contributed by atoms with Crippen molar-refractivity contribution in [3.05, 3.63) is 344 Å². The molecule has 2 aliphatic carbocycles. The van der Waals surface area contributed by atoms with Crippen LogP contribution in [0.25, 0.3) is 34.4 Å². The Hall–Kier alpha value is -10.1. The second-order valence-electron chi connectivity index (χ2n) is 22.2. The topological polar surface area (TPSA) is 6.48 Å². The summed E-state index contributed by atoms with van der Waals surface area (Å²) < 4.78 is 129. The maximum atomic E-state index is 16.8. The second kappa shape index (κ2) is 20.9. The number of benzene rings is 11. The molecule has 2 nitrogen and oxygen atoms in total. The van der Waals surface area contributed by atoms with E-state index in [1.54, 1.807) is 36.4 Å². The first-order valence-electron chi connectivity index (χ1n) is 28.0. The maximum Gasteiger partial charge on any atom is 0.196 e.